The third kappa shape index (κ3) is 61.9. The molecule has 4 atom stereocenters. The van der Waals surface area contributed by atoms with E-state index < -0.39 is 128 Å². The van der Waals surface area contributed by atoms with Crippen LogP contribution in [-0.2, 0) is 80.9 Å². The molecule has 116 heavy (non-hydrogen) atoms. The van der Waals surface area contributed by atoms with Gasteiger partial charge in [-0.05, 0) is 213 Å². The maximum Gasteiger partial charge on any atom is 0.680 e. The van der Waals surface area contributed by atoms with Crippen molar-refractivity contribution in [3.63, 3.8) is 0 Å². The number of hydrogen-bond donors (Lipinski definition) is 1. The summed E-state index contributed by atoms with van der Waals surface area (Å²) >= 11 is 0. The Balaban J connectivity index is -0.00000130. The third-order valence-electron chi connectivity index (χ3n) is 15.9. The quantitative estimate of drug-likeness (QED) is 0.0195. The van der Waals surface area contributed by atoms with Gasteiger partial charge in [-0.2, -0.15) is 55.3 Å². The lowest BCUT2D eigenvalue weighted by atomic mass is 10.0. The second-order valence-corrected chi connectivity index (χ2v) is 78.6. The van der Waals surface area contributed by atoms with E-state index in [-0.39, 0.29) is 24.9 Å². The molecule has 4 aliphatic heterocycles. The molecular formula is C71H145F12N3O19Si11. The second kappa shape index (κ2) is 57.4. The Labute approximate surface area is 698 Å². The molecule has 0 saturated carbocycles. The van der Waals surface area contributed by atoms with Gasteiger partial charge < -0.3 is 90.1 Å². The Morgan fingerprint density at radius 2 is 0.767 bits per heavy atom. The van der Waals surface area contributed by atoms with Crippen LogP contribution in [0.4, 0.5) is 52.4 Å². The molecule has 22 nitrogen and oxygen atoms in total. The van der Waals surface area contributed by atoms with Gasteiger partial charge in [-0.1, -0.05) is 25.3 Å². The molecule has 4 aliphatic rings. The van der Waals surface area contributed by atoms with Gasteiger partial charge in [-0.15, -0.1) is 0 Å². The van der Waals surface area contributed by atoms with Crippen LogP contribution < -0.4 is 0 Å². The maximum absolute atomic E-state index is 12.9. The molecule has 4 saturated heterocycles. The van der Waals surface area contributed by atoms with Crippen LogP contribution in [0.3, 0.4) is 0 Å². The van der Waals surface area contributed by atoms with Crippen LogP contribution in [0.1, 0.15) is 72.1 Å². The van der Waals surface area contributed by atoms with Gasteiger partial charge in [0.15, 0.2) is 49.9 Å². The molecule has 0 aromatic heterocycles. The fourth-order valence-corrected chi connectivity index (χ4v) is 44.9. The van der Waals surface area contributed by atoms with Crippen LogP contribution in [0.25, 0.3) is 0 Å². The number of unbranched alkanes of at least 4 members (excludes halogenated alkanes) is 2. The number of rotatable bonds is 54. The number of nitrogens with zero attached hydrogens (tertiary/aromatic N) is 3. The molecule has 0 radical (unpaired) electrons. The predicted molar refractivity (Wildman–Crippen MR) is 453 cm³/mol. The minimum atomic E-state index is -6.95. The normalized spacial score (nSPS) is 17.7. The number of allylic oxidation sites excluding steroid dienone is 1. The first-order chi connectivity index (χ1) is 53.1. The first kappa shape index (κ1) is 119. The van der Waals surface area contributed by atoms with Gasteiger partial charge in [-0.25, -0.2) is 8.78 Å². The van der Waals surface area contributed by atoms with E-state index in [0.29, 0.717) is 70.3 Å². The molecule has 0 bridgehead atoms. The van der Waals surface area contributed by atoms with Crippen molar-refractivity contribution in [3.8, 4) is 18.2 Å². The molecular weight excluding hydrogens is 1740 g/mol. The van der Waals surface area contributed by atoms with E-state index in [1.54, 1.807) is 33.9 Å². The van der Waals surface area contributed by atoms with Crippen molar-refractivity contribution in [2.24, 2.45) is 0 Å². The summed E-state index contributed by atoms with van der Waals surface area (Å²) in [5.41, 5.74) is -0.662. The summed E-state index contributed by atoms with van der Waals surface area (Å²) < 4.78 is 247. The molecule has 45 heteroatoms. The average Bonchev–Trinajstić information content (AvgIpc) is 1.33. The van der Waals surface area contributed by atoms with Crippen LogP contribution in [-0.4, -0.2) is 272 Å². The highest BCUT2D eigenvalue weighted by atomic mass is 28.5. The van der Waals surface area contributed by atoms with Crippen molar-refractivity contribution in [1.29, 1.82) is 15.8 Å². The molecule has 4 heterocycles. The SMILES string of the molecule is CCO[Si](OCC)(OCC)OCC#N.CO[Si](CO)(CCCOCC1CO1)OC.C[Si](C)(C)/C(F)=C/F.C[Si](C)(C)O[Si](C)(CCCOCC1CO1)O[Si](C)(C)C.C[Si](C)(CCCC#N)O[Si](C)(C)CCCC#N.C[Si](C)(CCCOCC1CO1)O[Si](C)(C)CCCOCC1CO1.C[Si](C)(F)/C=C/C(F)(F)C(F)(F)C(F)(F)C(F)(F)F. The molecule has 0 spiro atoms. The molecule has 0 aromatic carbocycles. The highest BCUT2D eigenvalue weighted by Gasteiger charge is 2.81. The monoisotopic (exact) mass is 1880 g/mol. The number of halogens is 12. The maximum atomic E-state index is 12.9. The fourth-order valence-electron chi connectivity index (χ4n) is 10.3. The van der Waals surface area contributed by atoms with Gasteiger partial charge in [0.05, 0.1) is 77.3 Å². The Morgan fingerprint density at radius 1 is 0.457 bits per heavy atom. The Morgan fingerprint density at radius 3 is 1.00 bits per heavy atom. The minimum absolute atomic E-state index is 0.00820. The lowest BCUT2D eigenvalue weighted by Crippen LogP contribution is -2.60. The van der Waals surface area contributed by atoms with Gasteiger partial charge in [0.1, 0.15) is 50.9 Å². The number of nitriles is 3. The van der Waals surface area contributed by atoms with Crippen LogP contribution in [0.2, 0.25) is 167 Å². The second-order valence-electron chi connectivity index (χ2n) is 34.0. The van der Waals surface area contributed by atoms with Crippen molar-refractivity contribution in [3.05, 3.63) is 23.6 Å². The molecule has 4 unspecified atom stereocenters. The van der Waals surface area contributed by atoms with Crippen LogP contribution in [0.15, 0.2) is 23.6 Å². The Bertz CT molecular complexity index is 2680. The summed E-state index contributed by atoms with van der Waals surface area (Å²) in [6, 6.07) is 12.5. The number of epoxide rings is 4. The Hall–Kier alpha value is -1.26. The predicted octanol–water partition coefficient (Wildman–Crippen LogP) is 19.1. The van der Waals surface area contributed by atoms with Gasteiger partial charge in [0.2, 0.25) is 0 Å². The molecule has 4 rings (SSSR count). The third-order valence-corrected chi connectivity index (χ3v) is 48.6. The molecule has 686 valence electrons. The van der Waals surface area contributed by atoms with E-state index in [2.05, 4.69) is 110 Å². The van der Waals surface area contributed by atoms with Crippen molar-refractivity contribution < 1.29 is 138 Å². The summed E-state index contributed by atoms with van der Waals surface area (Å²) in [5.74, 6) is -19.5. The standard InChI is InChI=1S/C16H34O5Si2.C13H32O4Si3.C12H24N2OSi2.C9H20O5Si.C8H8F10Si.C8H17NO4Si.C5H10F2Si/c1-22(2,9-5-7-17-11-15-13-19-15)21-23(3,4)10-6-8-18-12-16-14-20-16;1-18(2,3)16-20(7,17-19(4,5)6)10-8-9-14-11-13-12-15-13;1-16(2,11-7-5-9-13)15-17(3,4)12-8-6-10-14;1-11-15(8-10,12-2)5-3-4-13-6-9-7-14-9;1-19(2,18)4-3-5(9,10)6(11,12)7(13,14)8(15,16)17;1-4-10-14(11-5-2,12-6-3)13-8-7-9;1-8(2,3)5(7)4-6/h15-16H,5-14H2,1-4H3;13H,8-12H2,1-7H3;5-8,11-12H2,1-4H3;9-10H,3-8H2,1-2H3;3-4H,1-2H3;4-6,8H2,1-3H3;4H,1-3H3/b;;;;4-3+;;5-4+. The van der Waals surface area contributed by atoms with Gasteiger partial charge >= 0.3 is 50.1 Å². The van der Waals surface area contributed by atoms with Crippen LogP contribution in [0.5, 0.6) is 0 Å². The average molecular weight is 1880 g/mol. The molecule has 4 fully saturated rings. The van der Waals surface area contributed by atoms with Gasteiger partial charge in [0, 0.05) is 73.3 Å². The first-order valence-corrected chi connectivity index (χ1v) is 71.8. The van der Waals surface area contributed by atoms with E-state index in [1.165, 1.54) is 12.1 Å². The molecule has 0 amide bonds. The van der Waals surface area contributed by atoms with E-state index in [1.807, 2.05) is 26.8 Å². The zero-order valence-corrected chi connectivity index (χ0v) is 85.1. The number of hydrogen-bond acceptors (Lipinski definition) is 22. The summed E-state index contributed by atoms with van der Waals surface area (Å²) in [7, 11) is -19.7. The van der Waals surface area contributed by atoms with E-state index in [0.717, 1.165) is 142 Å². The van der Waals surface area contributed by atoms with Crippen LogP contribution in [0, 0.1) is 34.0 Å². The largest absolute Gasteiger partial charge is 0.680 e. The summed E-state index contributed by atoms with van der Waals surface area (Å²) in [6.45, 7) is 57.0. The zero-order valence-electron chi connectivity index (χ0n) is 74.1. The summed E-state index contributed by atoms with van der Waals surface area (Å²) in [6.07, 6.45) is 0.905. The lowest BCUT2D eigenvalue weighted by molar-refractivity contribution is -0.388. The topological polar surface area (TPSA) is 271 Å². The highest BCUT2D eigenvalue weighted by Crippen LogP contribution is 2.53. The minimum Gasteiger partial charge on any atom is -0.455 e. The molecule has 0 aliphatic carbocycles. The highest BCUT2D eigenvalue weighted by molar-refractivity contribution is 6.88. The lowest BCUT2D eigenvalue weighted by Gasteiger charge is -2.38. The van der Waals surface area contributed by atoms with E-state index >= 15 is 0 Å². The number of aliphatic hydroxyl groups excluding tert-OH is 1. The van der Waals surface area contributed by atoms with Crippen molar-refractivity contribution >= 4 is 92.6 Å². The number of ether oxygens (including phenoxy) is 8. The number of aliphatic hydroxyl groups is 1. The van der Waals surface area contributed by atoms with Gasteiger partial charge in [-0.3, -0.25) is 0 Å². The number of alkyl halides is 9. The Kier molecular flexibility index (Phi) is 58.8. The smallest absolute Gasteiger partial charge is 0.455 e. The molecule has 1 N–H and O–H groups in total. The zero-order chi connectivity index (χ0) is 90.3. The summed E-state index contributed by atoms with van der Waals surface area (Å²) in [4.78, 5) is 0. The van der Waals surface area contributed by atoms with E-state index in [9.17, 15) is 57.5 Å². The van der Waals surface area contributed by atoms with Crippen molar-refractivity contribution in [2.45, 2.75) is 288 Å². The van der Waals surface area contributed by atoms with Crippen molar-refractivity contribution in [2.75, 3.05) is 126 Å². The van der Waals surface area contributed by atoms with Gasteiger partial charge in [0.25, 0.3) is 8.41 Å². The molecule has 0 aromatic rings. The van der Waals surface area contributed by atoms with Crippen molar-refractivity contribution in [1.82, 2.24) is 0 Å². The first-order valence-electron chi connectivity index (χ1n) is 39.6. The summed E-state index contributed by atoms with van der Waals surface area (Å²) in [5, 5.41) is 34.7. The van der Waals surface area contributed by atoms with Crippen LogP contribution >= 0.6 is 0 Å². The fraction of sp³-hybridized carbons (Fsp3) is 0.901. The van der Waals surface area contributed by atoms with E-state index in [4.69, 9.17) is 96.7 Å².